The SMILES string of the molecule is NC(=O)N(Nc1c(Cl)cccc1Cl)C(=O)c1csc([N+](=O)[O-])c1. The molecule has 0 aliphatic heterocycles. The summed E-state index contributed by atoms with van der Waals surface area (Å²) in [5.41, 5.74) is 7.64. The van der Waals surface area contributed by atoms with Gasteiger partial charge < -0.3 is 5.73 Å². The summed E-state index contributed by atoms with van der Waals surface area (Å²) in [5, 5.41) is 12.5. The summed E-state index contributed by atoms with van der Waals surface area (Å²) in [6.45, 7) is 0. The number of nitrogens with one attached hydrogen (secondary N) is 1. The third-order valence-electron chi connectivity index (χ3n) is 2.62. The molecule has 1 aromatic carbocycles. The number of imide groups is 1. The van der Waals surface area contributed by atoms with Crippen LogP contribution in [0.25, 0.3) is 0 Å². The highest BCUT2D eigenvalue weighted by Crippen LogP contribution is 2.31. The van der Waals surface area contributed by atoms with Crippen molar-refractivity contribution in [2.75, 3.05) is 5.43 Å². The minimum atomic E-state index is -1.13. The maximum absolute atomic E-state index is 12.3. The number of thiophene rings is 1. The normalized spacial score (nSPS) is 10.2. The van der Waals surface area contributed by atoms with E-state index in [1.807, 2.05) is 0 Å². The molecule has 0 spiro atoms. The van der Waals surface area contributed by atoms with Crippen LogP contribution < -0.4 is 11.2 Å². The number of anilines is 1. The van der Waals surface area contributed by atoms with Crippen LogP contribution in [-0.4, -0.2) is 21.9 Å². The van der Waals surface area contributed by atoms with Gasteiger partial charge in [0.2, 0.25) is 0 Å². The van der Waals surface area contributed by atoms with Crippen LogP contribution in [0.3, 0.4) is 0 Å². The van der Waals surface area contributed by atoms with Gasteiger partial charge >= 0.3 is 11.0 Å². The molecular weight excluding hydrogens is 367 g/mol. The maximum Gasteiger partial charge on any atom is 0.341 e. The Morgan fingerprint density at radius 1 is 1.30 bits per heavy atom. The molecule has 0 radical (unpaired) electrons. The second kappa shape index (κ2) is 6.82. The Hall–Kier alpha value is -2.36. The van der Waals surface area contributed by atoms with Crippen LogP contribution in [0.1, 0.15) is 10.4 Å². The van der Waals surface area contributed by atoms with Crippen LogP contribution in [0.5, 0.6) is 0 Å². The molecule has 1 aromatic heterocycles. The van der Waals surface area contributed by atoms with E-state index >= 15 is 0 Å². The Morgan fingerprint density at radius 2 is 1.91 bits per heavy atom. The quantitative estimate of drug-likeness (QED) is 0.626. The molecule has 2 aromatic rings. The third-order valence-corrected chi connectivity index (χ3v) is 4.13. The largest absolute Gasteiger partial charge is 0.350 e. The number of benzene rings is 1. The first-order valence-corrected chi connectivity index (χ1v) is 7.52. The number of carbonyl (C=O) groups is 2. The summed E-state index contributed by atoms with van der Waals surface area (Å²) in [6, 6.07) is 4.48. The van der Waals surface area contributed by atoms with E-state index < -0.39 is 16.9 Å². The van der Waals surface area contributed by atoms with E-state index in [1.54, 1.807) is 6.07 Å². The summed E-state index contributed by atoms with van der Waals surface area (Å²) >= 11 is 12.6. The summed E-state index contributed by atoms with van der Waals surface area (Å²) in [6.07, 6.45) is 0. The molecule has 120 valence electrons. The van der Waals surface area contributed by atoms with E-state index in [2.05, 4.69) is 5.43 Å². The lowest BCUT2D eigenvalue weighted by Crippen LogP contribution is -2.44. The highest BCUT2D eigenvalue weighted by atomic mass is 35.5. The fourth-order valence-electron chi connectivity index (χ4n) is 1.58. The number of urea groups is 1. The Balaban J connectivity index is 2.32. The summed E-state index contributed by atoms with van der Waals surface area (Å²) in [7, 11) is 0. The lowest BCUT2D eigenvalue weighted by atomic mass is 10.3. The fraction of sp³-hybridized carbons (Fsp3) is 0. The summed E-state index contributed by atoms with van der Waals surface area (Å²) < 4.78 is 0. The van der Waals surface area contributed by atoms with Gasteiger partial charge in [-0.1, -0.05) is 40.6 Å². The van der Waals surface area contributed by atoms with Gasteiger partial charge in [-0.3, -0.25) is 20.3 Å². The Bertz CT molecular complexity index is 775. The van der Waals surface area contributed by atoms with Crippen molar-refractivity contribution in [3.63, 3.8) is 0 Å². The predicted molar refractivity (Wildman–Crippen MR) is 86.8 cm³/mol. The third kappa shape index (κ3) is 3.70. The molecule has 0 unspecified atom stereocenters. The zero-order valence-corrected chi connectivity index (χ0v) is 13.5. The van der Waals surface area contributed by atoms with E-state index in [1.165, 1.54) is 17.5 Å². The number of rotatable bonds is 4. The lowest BCUT2D eigenvalue weighted by Gasteiger charge is -2.21. The first-order valence-electron chi connectivity index (χ1n) is 5.88. The van der Waals surface area contributed by atoms with Gasteiger partial charge in [-0.2, -0.15) is 5.01 Å². The number of nitrogens with zero attached hydrogens (tertiary/aromatic N) is 2. The maximum atomic E-state index is 12.3. The number of nitrogens with two attached hydrogens (primary N) is 1. The topological polar surface area (TPSA) is 119 Å². The van der Waals surface area contributed by atoms with E-state index in [0.717, 1.165) is 17.4 Å². The van der Waals surface area contributed by atoms with E-state index in [0.29, 0.717) is 5.01 Å². The van der Waals surface area contributed by atoms with Gasteiger partial charge in [-0.25, -0.2) is 4.79 Å². The molecule has 0 saturated carbocycles. The van der Waals surface area contributed by atoms with Crippen molar-refractivity contribution in [2.24, 2.45) is 5.73 Å². The monoisotopic (exact) mass is 374 g/mol. The summed E-state index contributed by atoms with van der Waals surface area (Å²) in [4.78, 5) is 33.9. The Kier molecular flexibility index (Phi) is 5.04. The first kappa shape index (κ1) is 17.0. The molecule has 11 heteroatoms. The number of para-hydroxylation sites is 1. The van der Waals surface area contributed by atoms with E-state index in [-0.39, 0.29) is 26.3 Å². The Morgan fingerprint density at radius 3 is 2.39 bits per heavy atom. The van der Waals surface area contributed by atoms with Crippen molar-refractivity contribution in [3.8, 4) is 0 Å². The number of amides is 3. The van der Waals surface area contributed by atoms with Crippen LogP contribution in [0.15, 0.2) is 29.6 Å². The van der Waals surface area contributed by atoms with Gasteiger partial charge in [0.05, 0.1) is 26.2 Å². The molecule has 3 N–H and O–H groups in total. The van der Waals surface area contributed by atoms with Crippen LogP contribution in [0, 0.1) is 10.1 Å². The van der Waals surface area contributed by atoms with E-state index in [4.69, 9.17) is 28.9 Å². The lowest BCUT2D eigenvalue weighted by molar-refractivity contribution is -0.380. The number of hydrogen-bond acceptors (Lipinski definition) is 6. The average Bonchev–Trinajstić information content (AvgIpc) is 2.96. The number of halogens is 2. The average molecular weight is 375 g/mol. The zero-order valence-electron chi connectivity index (χ0n) is 11.2. The molecule has 0 aliphatic rings. The Labute approximate surface area is 143 Å². The first-order chi connectivity index (χ1) is 10.8. The number of primary amides is 1. The molecule has 0 fully saturated rings. The van der Waals surface area contributed by atoms with Gasteiger partial charge in [0, 0.05) is 11.4 Å². The second-order valence-electron chi connectivity index (χ2n) is 4.12. The van der Waals surface area contributed by atoms with Crippen molar-refractivity contribution >= 4 is 57.2 Å². The highest BCUT2D eigenvalue weighted by molar-refractivity contribution is 7.13. The molecule has 0 aliphatic carbocycles. The highest BCUT2D eigenvalue weighted by Gasteiger charge is 2.25. The molecule has 23 heavy (non-hydrogen) atoms. The van der Waals surface area contributed by atoms with Gasteiger partial charge in [0.15, 0.2) is 0 Å². The fourth-order valence-corrected chi connectivity index (χ4v) is 2.76. The van der Waals surface area contributed by atoms with Crippen molar-refractivity contribution in [3.05, 3.63) is 55.4 Å². The van der Waals surface area contributed by atoms with E-state index in [9.17, 15) is 19.7 Å². The predicted octanol–water partition coefficient (Wildman–Crippen LogP) is 3.51. The molecule has 2 rings (SSSR count). The minimum Gasteiger partial charge on any atom is -0.350 e. The van der Waals surface area contributed by atoms with Gasteiger partial charge in [0.25, 0.3) is 5.91 Å². The van der Waals surface area contributed by atoms with Crippen LogP contribution in [0.2, 0.25) is 10.0 Å². The molecule has 3 amide bonds. The van der Waals surface area contributed by atoms with Crippen molar-refractivity contribution < 1.29 is 14.5 Å². The van der Waals surface area contributed by atoms with Gasteiger partial charge in [0.1, 0.15) is 0 Å². The number of hydrogen-bond donors (Lipinski definition) is 2. The molecule has 0 bridgehead atoms. The molecular formula is C12H8Cl2N4O4S. The standard InChI is InChI=1S/C12H8Cl2N4O4S/c13-7-2-1-3-8(14)10(7)16-17(12(15)20)11(19)6-4-9(18(21)22)23-5-6/h1-5,16H,(H2,15,20). The number of nitro groups is 1. The second-order valence-corrected chi connectivity index (χ2v) is 5.82. The van der Waals surface area contributed by atoms with Gasteiger partial charge in [-0.05, 0) is 12.1 Å². The smallest absolute Gasteiger partial charge is 0.341 e. The summed E-state index contributed by atoms with van der Waals surface area (Å²) in [5.74, 6) is -0.877. The number of hydrazine groups is 1. The van der Waals surface area contributed by atoms with Crippen LogP contribution >= 0.6 is 34.5 Å². The molecule has 1 heterocycles. The van der Waals surface area contributed by atoms with Crippen molar-refractivity contribution in [1.29, 1.82) is 0 Å². The number of carbonyl (C=O) groups excluding carboxylic acids is 2. The van der Waals surface area contributed by atoms with Crippen LogP contribution in [-0.2, 0) is 0 Å². The van der Waals surface area contributed by atoms with Crippen LogP contribution in [0.4, 0.5) is 15.5 Å². The van der Waals surface area contributed by atoms with Gasteiger partial charge in [-0.15, -0.1) is 0 Å². The minimum absolute atomic E-state index is 0.0730. The van der Waals surface area contributed by atoms with Crippen molar-refractivity contribution in [1.82, 2.24) is 5.01 Å². The molecule has 0 atom stereocenters. The molecule has 0 saturated heterocycles. The molecule has 8 nitrogen and oxygen atoms in total. The zero-order chi connectivity index (χ0) is 17.1. The van der Waals surface area contributed by atoms with Crippen molar-refractivity contribution in [2.45, 2.75) is 0 Å².